The maximum atomic E-state index is 3.85. The first kappa shape index (κ1) is 10.1. The molecule has 1 saturated carbocycles. The molecule has 0 aromatic carbocycles. The smallest absolute Gasteiger partial charge is 0.0414 e. The van der Waals surface area contributed by atoms with Gasteiger partial charge in [-0.05, 0) is 5.92 Å². The lowest BCUT2D eigenvalue weighted by Crippen LogP contribution is -2.10. The molecule has 0 amide bonds. The van der Waals surface area contributed by atoms with E-state index in [9.17, 15) is 0 Å². The largest absolute Gasteiger partial charge is 0.0533 e. The predicted molar refractivity (Wildman–Crippen MR) is 55.0 cm³/mol. The maximum absolute atomic E-state index is 3.85. The monoisotopic (exact) mass is 167 g/mol. The zero-order valence-corrected chi connectivity index (χ0v) is 8.36. The van der Waals surface area contributed by atoms with E-state index in [0.29, 0.717) is 0 Å². The van der Waals surface area contributed by atoms with E-state index in [2.05, 4.69) is 6.92 Å². The average Bonchev–Trinajstić information content (AvgIpc) is 2.00. The van der Waals surface area contributed by atoms with Crippen LogP contribution in [0.25, 0.3) is 0 Å². The molecule has 1 aliphatic carbocycles. The Hall–Kier alpha value is 0. The highest BCUT2D eigenvalue weighted by molar-refractivity contribution is 4.68. The van der Waals surface area contributed by atoms with Crippen LogP contribution in [0.5, 0.6) is 0 Å². The highest BCUT2D eigenvalue weighted by Crippen LogP contribution is 2.31. The topological polar surface area (TPSA) is 0 Å². The highest BCUT2D eigenvalue weighted by Gasteiger charge is 2.15. The molecule has 0 aliphatic heterocycles. The SMILES string of the molecule is [CH2]CCCCCCCC1CCC1. The van der Waals surface area contributed by atoms with Crippen LogP contribution in [0.1, 0.15) is 64.2 Å². The molecule has 1 fully saturated rings. The fraction of sp³-hybridized carbons (Fsp3) is 0.917. The van der Waals surface area contributed by atoms with E-state index in [1.54, 1.807) is 0 Å². The summed E-state index contributed by atoms with van der Waals surface area (Å²) in [5, 5.41) is 0. The lowest BCUT2D eigenvalue weighted by molar-refractivity contribution is 0.286. The molecule has 0 atom stereocenters. The number of rotatable bonds is 7. The molecule has 0 aromatic rings. The van der Waals surface area contributed by atoms with Crippen molar-refractivity contribution in [3.63, 3.8) is 0 Å². The van der Waals surface area contributed by atoms with Crippen LogP contribution in [0.2, 0.25) is 0 Å². The lowest BCUT2D eigenvalue weighted by atomic mass is 9.81. The summed E-state index contributed by atoms with van der Waals surface area (Å²) in [6.07, 6.45) is 14.4. The second kappa shape index (κ2) is 6.51. The van der Waals surface area contributed by atoms with Crippen LogP contribution in [0.4, 0.5) is 0 Å². The first-order chi connectivity index (χ1) is 5.93. The zero-order chi connectivity index (χ0) is 8.65. The summed E-state index contributed by atoms with van der Waals surface area (Å²) in [7, 11) is 0. The van der Waals surface area contributed by atoms with Crippen molar-refractivity contribution in [2.45, 2.75) is 64.2 Å². The van der Waals surface area contributed by atoms with Gasteiger partial charge in [0.15, 0.2) is 0 Å². The third kappa shape index (κ3) is 4.13. The van der Waals surface area contributed by atoms with Gasteiger partial charge < -0.3 is 0 Å². The van der Waals surface area contributed by atoms with E-state index in [4.69, 9.17) is 0 Å². The van der Waals surface area contributed by atoms with Crippen LogP contribution >= 0.6 is 0 Å². The van der Waals surface area contributed by atoms with Crippen molar-refractivity contribution < 1.29 is 0 Å². The van der Waals surface area contributed by atoms with Gasteiger partial charge in [0.25, 0.3) is 0 Å². The second-order valence-corrected chi connectivity index (χ2v) is 4.21. The molecule has 0 saturated heterocycles. The molecular weight excluding hydrogens is 144 g/mol. The normalized spacial score (nSPS) is 17.8. The number of unbranched alkanes of at least 4 members (excludes halogenated alkanes) is 5. The Morgan fingerprint density at radius 2 is 1.58 bits per heavy atom. The summed E-state index contributed by atoms with van der Waals surface area (Å²) in [5.74, 6) is 1.12. The van der Waals surface area contributed by atoms with Gasteiger partial charge in [0.2, 0.25) is 0 Å². The molecule has 0 unspecified atom stereocenters. The summed E-state index contributed by atoms with van der Waals surface area (Å²) < 4.78 is 0. The second-order valence-electron chi connectivity index (χ2n) is 4.21. The van der Waals surface area contributed by atoms with Gasteiger partial charge in [-0.3, -0.25) is 0 Å². The molecular formula is C12H23. The number of hydrogen-bond donors (Lipinski definition) is 0. The minimum absolute atomic E-state index is 1.12. The van der Waals surface area contributed by atoms with Crippen molar-refractivity contribution in [2.75, 3.05) is 0 Å². The van der Waals surface area contributed by atoms with Crippen LogP contribution in [-0.2, 0) is 0 Å². The summed E-state index contributed by atoms with van der Waals surface area (Å²) in [6, 6.07) is 0. The third-order valence-corrected chi connectivity index (χ3v) is 3.09. The van der Waals surface area contributed by atoms with Crippen molar-refractivity contribution in [3.8, 4) is 0 Å². The predicted octanol–water partition coefficient (Wildman–Crippen LogP) is 4.35. The fourth-order valence-corrected chi connectivity index (χ4v) is 1.92. The summed E-state index contributed by atoms with van der Waals surface area (Å²) in [5.41, 5.74) is 0. The first-order valence-corrected chi connectivity index (χ1v) is 5.72. The quantitative estimate of drug-likeness (QED) is 0.494. The van der Waals surface area contributed by atoms with Gasteiger partial charge in [0, 0.05) is 0 Å². The number of hydrogen-bond acceptors (Lipinski definition) is 0. The molecule has 1 aliphatic rings. The lowest BCUT2D eigenvalue weighted by Gasteiger charge is -2.24. The molecule has 71 valence electrons. The van der Waals surface area contributed by atoms with E-state index in [-0.39, 0.29) is 0 Å². The maximum Gasteiger partial charge on any atom is -0.0414 e. The molecule has 0 N–H and O–H groups in total. The van der Waals surface area contributed by atoms with Crippen LogP contribution < -0.4 is 0 Å². The van der Waals surface area contributed by atoms with E-state index >= 15 is 0 Å². The third-order valence-electron chi connectivity index (χ3n) is 3.09. The Morgan fingerprint density at radius 3 is 2.17 bits per heavy atom. The minimum atomic E-state index is 1.12. The Labute approximate surface area is 77.7 Å². The molecule has 1 radical (unpaired) electrons. The average molecular weight is 167 g/mol. The minimum Gasteiger partial charge on any atom is -0.0533 e. The Kier molecular flexibility index (Phi) is 5.47. The molecule has 0 heteroatoms. The van der Waals surface area contributed by atoms with Gasteiger partial charge >= 0.3 is 0 Å². The zero-order valence-electron chi connectivity index (χ0n) is 8.36. The van der Waals surface area contributed by atoms with Gasteiger partial charge in [0.05, 0.1) is 0 Å². The fourth-order valence-electron chi connectivity index (χ4n) is 1.92. The summed E-state index contributed by atoms with van der Waals surface area (Å²) in [6.45, 7) is 3.85. The van der Waals surface area contributed by atoms with Crippen molar-refractivity contribution >= 4 is 0 Å². The van der Waals surface area contributed by atoms with E-state index in [0.717, 1.165) is 12.3 Å². The Bertz CT molecular complexity index is 92.2. The van der Waals surface area contributed by atoms with Gasteiger partial charge in [-0.2, -0.15) is 0 Å². The van der Waals surface area contributed by atoms with Crippen molar-refractivity contribution in [3.05, 3.63) is 6.92 Å². The molecule has 0 nitrogen and oxygen atoms in total. The van der Waals surface area contributed by atoms with Crippen molar-refractivity contribution in [1.29, 1.82) is 0 Å². The molecule has 0 aromatic heterocycles. The molecule has 0 bridgehead atoms. The van der Waals surface area contributed by atoms with Crippen LogP contribution in [0, 0.1) is 12.8 Å². The Morgan fingerprint density at radius 1 is 0.917 bits per heavy atom. The molecule has 0 spiro atoms. The standard InChI is InChI=1S/C12H23/c1-2-3-4-5-6-7-9-12-10-8-11-12/h12H,1-11H2. The van der Waals surface area contributed by atoms with Crippen LogP contribution in [0.15, 0.2) is 0 Å². The first-order valence-electron chi connectivity index (χ1n) is 5.72. The van der Waals surface area contributed by atoms with Gasteiger partial charge in [0.1, 0.15) is 0 Å². The van der Waals surface area contributed by atoms with Crippen LogP contribution in [0.3, 0.4) is 0 Å². The summed E-state index contributed by atoms with van der Waals surface area (Å²) >= 11 is 0. The molecule has 1 rings (SSSR count). The van der Waals surface area contributed by atoms with E-state index < -0.39 is 0 Å². The summed E-state index contributed by atoms with van der Waals surface area (Å²) in [4.78, 5) is 0. The van der Waals surface area contributed by atoms with Gasteiger partial charge in [-0.15, -0.1) is 0 Å². The van der Waals surface area contributed by atoms with Crippen molar-refractivity contribution in [2.24, 2.45) is 5.92 Å². The van der Waals surface area contributed by atoms with Crippen LogP contribution in [-0.4, -0.2) is 0 Å². The Balaban J connectivity index is 1.70. The van der Waals surface area contributed by atoms with E-state index in [1.807, 2.05) is 0 Å². The van der Waals surface area contributed by atoms with Gasteiger partial charge in [-0.1, -0.05) is 71.1 Å². The van der Waals surface area contributed by atoms with Crippen molar-refractivity contribution in [1.82, 2.24) is 0 Å². The molecule has 12 heavy (non-hydrogen) atoms. The highest BCUT2D eigenvalue weighted by atomic mass is 14.2. The molecule has 0 heterocycles. The van der Waals surface area contributed by atoms with E-state index in [1.165, 1.54) is 57.8 Å². The van der Waals surface area contributed by atoms with Gasteiger partial charge in [-0.25, -0.2) is 0 Å².